The fourth-order valence-corrected chi connectivity index (χ4v) is 4.56. The van der Waals surface area contributed by atoms with Crippen molar-refractivity contribution in [2.24, 2.45) is 0 Å². The SMILES string of the molecule is CNc1ccc2c(c1)NC(=O)CC/C=C/C[C@H](NC(=O)/C=C/c1c(C(C)=O)ccc(Cl)c1F)c1nc-2c(Cl)[nH]1. The molecule has 0 unspecified atom stereocenters. The number of H-pyrrole nitrogens is 1. The first kappa shape index (κ1) is 28.1. The molecule has 0 radical (unpaired) electrons. The van der Waals surface area contributed by atoms with Gasteiger partial charge < -0.3 is 20.9 Å². The van der Waals surface area contributed by atoms with Crippen LogP contribution in [0.5, 0.6) is 0 Å². The number of aromatic amines is 1. The van der Waals surface area contributed by atoms with Gasteiger partial charge in [-0.3, -0.25) is 14.4 Å². The molecule has 202 valence electrons. The molecule has 4 rings (SSSR count). The van der Waals surface area contributed by atoms with Crippen molar-refractivity contribution >= 4 is 58.3 Å². The molecule has 3 aromatic rings. The van der Waals surface area contributed by atoms with Gasteiger partial charge in [-0.05, 0) is 56.2 Å². The Morgan fingerprint density at radius 3 is 2.72 bits per heavy atom. The molecule has 39 heavy (non-hydrogen) atoms. The highest BCUT2D eigenvalue weighted by atomic mass is 35.5. The summed E-state index contributed by atoms with van der Waals surface area (Å²) >= 11 is 12.4. The third-order valence-electron chi connectivity index (χ3n) is 6.15. The monoisotopic (exact) mass is 569 g/mol. The Morgan fingerprint density at radius 1 is 1.18 bits per heavy atom. The van der Waals surface area contributed by atoms with E-state index in [-0.39, 0.29) is 39.4 Å². The lowest BCUT2D eigenvalue weighted by Crippen LogP contribution is -2.27. The maximum Gasteiger partial charge on any atom is 0.244 e. The van der Waals surface area contributed by atoms with Crippen molar-refractivity contribution in [2.45, 2.75) is 32.2 Å². The Balaban J connectivity index is 1.67. The molecule has 2 bridgehead atoms. The molecule has 0 aliphatic carbocycles. The molecular weight excluding hydrogens is 544 g/mol. The van der Waals surface area contributed by atoms with Crippen molar-refractivity contribution in [3.63, 3.8) is 0 Å². The summed E-state index contributed by atoms with van der Waals surface area (Å²) in [4.78, 5) is 45.1. The number of Topliss-reactive ketones (excluding diaryl/α,β-unsaturated/α-hetero) is 1. The number of hydrogen-bond donors (Lipinski definition) is 4. The zero-order chi connectivity index (χ0) is 28.1. The molecule has 0 saturated heterocycles. The Morgan fingerprint density at radius 2 is 1.97 bits per heavy atom. The number of carbonyl (C=O) groups is 3. The first-order chi connectivity index (χ1) is 18.7. The van der Waals surface area contributed by atoms with E-state index in [0.717, 1.165) is 11.8 Å². The lowest BCUT2D eigenvalue weighted by Gasteiger charge is -2.14. The van der Waals surface area contributed by atoms with E-state index in [1.165, 1.54) is 25.1 Å². The van der Waals surface area contributed by atoms with Crippen LogP contribution < -0.4 is 16.0 Å². The first-order valence-corrected chi connectivity index (χ1v) is 12.9. The Bertz CT molecular complexity index is 1500. The van der Waals surface area contributed by atoms with Gasteiger partial charge in [0.05, 0.1) is 16.8 Å². The van der Waals surface area contributed by atoms with Gasteiger partial charge >= 0.3 is 0 Å². The number of fused-ring (bicyclic) bond motifs is 4. The number of amides is 2. The van der Waals surface area contributed by atoms with Crippen molar-refractivity contribution < 1.29 is 18.8 Å². The smallest absolute Gasteiger partial charge is 0.244 e. The van der Waals surface area contributed by atoms with Crippen molar-refractivity contribution in [2.75, 3.05) is 17.7 Å². The third kappa shape index (κ3) is 6.55. The largest absolute Gasteiger partial charge is 0.388 e. The van der Waals surface area contributed by atoms with E-state index in [2.05, 4.69) is 25.9 Å². The molecule has 8 nitrogen and oxygen atoms in total. The van der Waals surface area contributed by atoms with Crippen LogP contribution in [-0.4, -0.2) is 34.6 Å². The van der Waals surface area contributed by atoms with Crippen LogP contribution in [0.2, 0.25) is 10.2 Å². The van der Waals surface area contributed by atoms with Crippen LogP contribution in [-0.2, 0) is 9.59 Å². The quantitative estimate of drug-likeness (QED) is 0.163. The molecule has 0 fully saturated rings. The van der Waals surface area contributed by atoms with Gasteiger partial charge in [-0.15, -0.1) is 0 Å². The van der Waals surface area contributed by atoms with Gasteiger partial charge in [-0.1, -0.05) is 35.4 Å². The number of rotatable bonds is 5. The summed E-state index contributed by atoms with van der Waals surface area (Å²) in [6.07, 6.45) is 7.15. The second-order valence-corrected chi connectivity index (χ2v) is 9.65. The minimum absolute atomic E-state index is 0.0713. The van der Waals surface area contributed by atoms with Gasteiger partial charge in [0.2, 0.25) is 11.8 Å². The summed E-state index contributed by atoms with van der Waals surface area (Å²) in [6, 6.07) is 7.52. The molecule has 1 aromatic heterocycles. The van der Waals surface area contributed by atoms with Crippen molar-refractivity contribution in [1.82, 2.24) is 15.3 Å². The standard InChI is InChI=1S/C28H26Cl2FN5O3/c1-15(37)17-10-12-20(29)25(31)18(17)11-13-24(39)33-21-6-4-3-5-7-23(38)34-22-14-16(32-2)8-9-19(22)26-27(30)36-28(21)35-26/h3-4,8-14,21,32H,5-7H2,1-2H3,(H,33,39)(H,34,38)(H,35,36)/b4-3+,13-11+/t21-/m0/s1. The summed E-state index contributed by atoms with van der Waals surface area (Å²) in [5, 5.41) is 8.90. The Labute approximate surface area is 234 Å². The van der Waals surface area contributed by atoms with Crippen molar-refractivity contribution in [1.29, 1.82) is 0 Å². The molecule has 4 N–H and O–H groups in total. The van der Waals surface area contributed by atoms with Crippen LogP contribution in [0.15, 0.2) is 48.6 Å². The molecule has 2 amide bonds. The molecule has 2 aromatic carbocycles. The summed E-state index contributed by atoms with van der Waals surface area (Å²) in [7, 11) is 1.77. The zero-order valence-corrected chi connectivity index (χ0v) is 22.7. The first-order valence-electron chi connectivity index (χ1n) is 12.2. The van der Waals surface area contributed by atoms with E-state index in [1.54, 1.807) is 19.2 Å². The number of halogens is 3. The molecule has 11 heteroatoms. The van der Waals surface area contributed by atoms with Crippen LogP contribution in [0.25, 0.3) is 17.3 Å². The van der Waals surface area contributed by atoms with E-state index in [4.69, 9.17) is 23.2 Å². The highest BCUT2D eigenvalue weighted by Crippen LogP contribution is 2.35. The third-order valence-corrected chi connectivity index (χ3v) is 6.72. The van der Waals surface area contributed by atoms with Crippen molar-refractivity contribution in [3.8, 4) is 11.3 Å². The summed E-state index contributed by atoms with van der Waals surface area (Å²) < 4.78 is 14.6. The number of aromatic nitrogens is 2. The lowest BCUT2D eigenvalue weighted by molar-refractivity contribution is -0.117. The number of carbonyl (C=O) groups excluding carboxylic acids is 3. The minimum atomic E-state index is -0.788. The maximum absolute atomic E-state index is 14.6. The molecule has 0 saturated carbocycles. The molecule has 2 heterocycles. The number of nitrogens with zero attached hydrogens (tertiary/aromatic N) is 1. The minimum Gasteiger partial charge on any atom is -0.388 e. The van der Waals surface area contributed by atoms with E-state index < -0.39 is 17.8 Å². The van der Waals surface area contributed by atoms with Gasteiger partial charge in [0.25, 0.3) is 0 Å². The summed E-state index contributed by atoms with van der Waals surface area (Å²) in [6.45, 7) is 1.30. The van der Waals surface area contributed by atoms with Crippen LogP contribution in [0.3, 0.4) is 0 Å². The van der Waals surface area contributed by atoms with E-state index in [9.17, 15) is 18.8 Å². The number of hydrogen-bond acceptors (Lipinski definition) is 5. The van der Waals surface area contributed by atoms with Crippen LogP contribution in [0.4, 0.5) is 15.8 Å². The number of benzene rings is 2. The van der Waals surface area contributed by atoms with Gasteiger partial charge in [-0.2, -0.15) is 0 Å². The second-order valence-electron chi connectivity index (χ2n) is 8.86. The van der Waals surface area contributed by atoms with Gasteiger partial charge in [0.15, 0.2) is 5.78 Å². The predicted octanol–water partition coefficient (Wildman–Crippen LogP) is 6.32. The normalized spacial score (nSPS) is 16.3. The average molecular weight is 570 g/mol. The fraction of sp³-hybridized carbons (Fsp3) is 0.214. The second kappa shape index (κ2) is 12.3. The van der Waals surface area contributed by atoms with Crippen LogP contribution in [0.1, 0.15) is 54.0 Å². The maximum atomic E-state index is 14.6. The van der Waals surface area contributed by atoms with Crippen LogP contribution >= 0.6 is 23.2 Å². The molecule has 1 atom stereocenters. The van der Waals surface area contributed by atoms with Crippen LogP contribution in [0, 0.1) is 5.82 Å². The zero-order valence-electron chi connectivity index (χ0n) is 21.2. The van der Waals surface area contributed by atoms with Gasteiger partial charge in [0.1, 0.15) is 22.5 Å². The summed E-state index contributed by atoms with van der Waals surface area (Å²) in [5.74, 6) is -1.46. The Kier molecular flexibility index (Phi) is 8.83. The number of anilines is 2. The highest BCUT2D eigenvalue weighted by Gasteiger charge is 2.22. The summed E-state index contributed by atoms with van der Waals surface area (Å²) in [5.41, 5.74) is 2.40. The average Bonchev–Trinajstić information content (AvgIpc) is 3.29. The van der Waals surface area contributed by atoms with E-state index in [1.807, 2.05) is 18.2 Å². The molecular formula is C28H26Cl2FN5O3. The fourth-order valence-electron chi connectivity index (χ4n) is 4.15. The lowest BCUT2D eigenvalue weighted by atomic mass is 10.0. The van der Waals surface area contributed by atoms with Gasteiger partial charge in [-0.25, -0.2) is 9.37 Å². The molecule has 1 aliphatic heterocycles. The number of ketones is 1. The highest BCUT2D eigenvalue weighted by molar-refractivity contribution is 6.32. The van der Waals surface area contributed by atoms with E-state index >= 15 is 0 Å². The topological polar surface area (TPSA) is 116 Å². The predicted molar refractivity (Wildman–Crippen MR) is 152 cm³/mol. The molecule has 1 aliphatic rings. The molecule has 0 spiro atoms. The van der Waals surface area contributed by atoms with E-state index in [0.29, 0.717) is 35.6 Å². The number of nitrogens with one attached hydrogen (secondary N) is 4. The van der Waals surface area contributed by atoms with Crippen molar-refractivity contribution in [3.05, 3.63) is 81.5 Å². The number of imidazole rings is 1. The Hall–Kier alpha value is -3.95. The number of allylic oxidation sites excluding steroid dienone is 1. The van der Waals surface area contributed by atoms with Gasteiger partial charge in [0, 0.05) is 41.9 Å².